The lowest BCUT2D eigenvalue weighted by atomic mass is 10.0. The Labute approximate surface area is 449 Å². The number of hydrogen-bond donors (Lipinski definition) is 3. The van der Waals surface area contributed by atoms with Crippen molar-refractivity contribution in [2.75, 3.05) is 13.2 Å². The molecule has 2 atom stereocenters. The average Bonchev–Trinajstić information content (AvgIpc) is 3.38. The molecule has 0 aliphatic carbocycles. The summed E-state index contributed by atoms with van der Waals surface area (Å²) in [5.74, 6) is -0.0653. The van der Waals surface area contributed by atoms with Crippen LogP contribution in [0.3, 0.4) is 0 Å². The van der Waals surface area contributed by atoms with E-state index in [2.05, 4.69) is 43.5 Å². The average molecular weight is 1010 g/mol. The van der Waals surface area contributed by atoms with Crippen molar-refractivity contribution in [3.8, 4) is 0 Å². The van der Waals surface area contributed by atoms with E-state index >= 15 is 0 Å². The highest BCUT2D eigenvalue weighted by Gasteiger charge is 2.18. The number of allylic oxidation sites excluding steroid dienone is 5. The fourth-order valence-electron chi connectivity index (χ4n) is 9.92. The Morgan fingerprint density at radius 2 is 0.653 bits per heavy atom. The summed E-state index contributed by atoms with van der Waals surface area (Å²) in [5.41, 5.74) is 0. The maximum Gasteiger partial charge on any atom is 0.305 e. The third-order valence-corrected chi connectivity index (χ3v) is 14.9. The van der Waals surface area contributed by atoms with Gasteiger partial charge in [-0.25, -0.2) is 0 Å². The molecule has 0 saturated carbocycles. The van der Waals surface area contributed by atoms with Gasteiger partial charge in [-0.15, -0.1) is 0 Å². The second-order valence-corrected chi connectivity index (χ2v) is 22.1. The minimum Gasteiger partial charge on any atom is -0.466 e. The van der Waals surface area contributed by atoms with Crippen molar-refractivity contribution in [2.24, 2.45) is 0 Å². The van der Waals surface area contributed by atoms with Crippen LogP contribution in [0.25, 0.3) is 0 Å². The quantitative estimate of drug-likeness (QED) is 0.0320. The molecule has 0 aliphatic rings. The Morgan fingerprint density at radius 1 is 0.375 bits per heavy atom. The summed E-state index contributed by atoms with van der Waals surface area (Å²) in [6.07, 6.45) is 77.6. The van der Waals surface area contributed by atoms with Gasteiger partial charge in [0.15, 0.2) is 0 Å². The Balaban J connectivity index is 3.41. The summed E-state index contributed by atoms with van der Waals surface area (Å²) in [7, 11) is 0. The Hall–Kier alpha value is -1.92. The fourth-order valence-corrected chi connectivity index (χ4v) is 9.92. The van der Waals surface area contributed by atoms with Crippen LogP contribution in [-0.4, -0.2) is 47.4 Å². The summed E-state index contributed by atoms with van der Waals surface area (Å²) in [4.78, 5) is 24.5. The zero-order valence-corrected chi connectivity index (χ0v) is 48.4. The minimum absolute atomic E-state index is 0.00819. The molecule has 0 radical (unpaired) electrons. The predicted molar refractivity (Wildman–Crippen MR) is 315 cm³/mol. The van der Waals surface area contributed by atoms with Crippen LogP contribution in [0.2, 0.25) is 0 Å². The van der Waals surface area contributed by atoms with Crippen molar-refractivity contribution >= 4 is 11.9 Å². The number of nitrogens with one attached hydrogen (secondary N) is 1. The molecule has 0 heterocycles. The second-order valence-electron chi connectivity index (χ2n) is 22.1. The molecule has 0 aromatic heterocycles. The van der Waals surface area contributed by atoms with E-state index < -0.39 is 12.1 Å². The summed E-state index contributed by atoms with van der Waals surface area (Å²) >= 11 is 0. The van der Waals surface area contributed by atoms with E-state index in [1.165, 1.54) is 270 Å². The van der Waals surface area contributed by atoms with Crippen molar-refractivity contribution in [2.45, 2.75) is 360 Å². The molecule has 0 bridgehead atoms. The van der Waals surface area contributed by atoms with Crippen LogP contribution >= 0.6 is 0 Å². The summed E-state index contributed by atoms with van der Waals surface area (Å²) in [5, 5.41) is 23.1. The number of carbonyl (C=O) groups excluding carboxylic acids is 2. The first kappa shape index (κ1) is 70.1. The number of hydrogen-bond acceptors (Lipinski definition) is 5. The molecule has 2 unspecified atom stereocenters. The van der Waals surface area contributed by atoms with E-state index in [0.717, 1.165) is 51.4 Å². The van der Waals surface area contributed by atoms with Gasteiger partial charge in [-0.05, 0) is 83.5 Å². The highest BCUT2D eigenvalue weighted by Crippen LogP contribution is 2.17. The summed E-state index contributed by atoms with van der Waals surface area (Å²) in [6.45, 7) is 4.91. The molecular formula is C66H125NO5. The van der Waals surface area contributed by atoms with Crippen LogP contribution in [-0.2, 0) is 14.3 Å². The van der Waals surface area contributed by atoms with Gasteiger partial charge in [-0.3, -0.25) is 9.59 Å². The van der Waals surface area contributed by atoms with E-state index in [-0.39, 0.29) is 18.5 Å². The topological polar surface area (TPSA) is 95.9 Å². The SMILES string of the molecule is CCCCCCCCC/C=C\CCCCCCCCCC(=O)OCCCCCCCCCCCCCC/C=C\CCCCCCCCCC(=O)NC(CO)C(O)/C=C/CCCCCCCCCCCCCC. The lowest BCUT2D eigenvalue weighted by molar-refractivity contribution is -0.143. The smallest absolute Gasteiger partial charge is 0.305 e. The first-order valence-corrected chi connectivity index (χ1v) is 32.3. The van der Waals surface area contributed by atoms with Crippen molar-refractivity contribution in [1.29, 1.82) is 0 Å². The van der Waals surface area contributed by atoms with Gasteiger partial charge in [0.05, 0.1) is 25.4 Å². The summed E-state index contributed by atoms with van der Waals surface area (Å²) in [6, 6.07) is -0.632. The third-order valence-electron chi connectivity index (χ3n) is 14.9. The van der Waals surface area contributed by atoms with E-state index in [9.17, 15) is 19.8 Å². The third kappa shape index (κ3) is 57.4. The zero-order valence-electron chi connectivity index (χ0n) is 48.4. The van der Waals surface area contributed by atoms with Gasteiger partial charge >= 0.3 is 5.97 Å². The predicted octanol–water partition coefficient (Wildman–Crippen LogP) is 20.4. The van der Waals surface area contributed by atoms with Crippen molar-refractivity contribution in [3.05, 3.63) is 36.5 Å². The Bertz CT molecular complexity index is 1170. The van der Waals surface area contributed by atoms with Crippen molar-refractivity contribution < 1.29 is 24.5 Å². The van der Waals surface area contributed by atoms with Gasteiger partial charge in [0.2, 0.25) is 5.91 Å². The Kier molecular flexibility index (Phi) is 60.0. The van der Waals surface area contributed by atoms with Gasteiger partial charge in [0, 0.05) is 12.8 Å². The lowest BCUT2D eigenvalue weighted by Crippen LogP contribution is -2.45. The van der Waals surface area contributed by atoms with Crippen LogP contribution in [0.1, 0.15) is 348 Å². The molecule has 0 aromatic rings. The number of rotatable bonds is 60. The highest BCUT2D eigenvalue weighted by atomic mass is 16.5. The largest absolute Gasteiger partial charge is 0.466 e. The van der Waals surface area contributed by atoms with E-state index in [0.29, 0.717) is 19.4 Å². The number of aliphatic hydroxyl groups is 2. The number of amides is 1. The molecule has 1 amide bonds. The number of aliphatic hydroxyl groups excluding tert-OH is 2. The van der Waals surface area contributed by atoms with Crippen molar-refractivity contribution in [3.63, 3.8) is 0 Å². The molecule has 0 rings (SSSR count). The van der Waals surface area contributed by atoms with Crippen molar-refractivity contribution in [1.82, 2.24) is 5.32 Å². The highest BCUT2D eigenvalue weighted by molar-refractivity contribution is 5.76. The molecule has 0 saturated heterocycles. The van der Waals surface area contributed by atoms with Gasteiger partial charge in [0.25, 0.3) is 0 Å². The molecule has 6 heteroatoms. The molecule has 0 aliphatic heterocycles. The van der Waals surface area contributed by atoms with Crippen LogP contribution in [0.15, 0.2) is 36.5 Å². The first-order valence-electron chi connectivity index (χ1n) is 32.3. The van der Waals surface area contributed by atoms with Gasteiger partial charge in [0.1, 0.15) is 0 Å². The molecular weight excluding hydrogens is 887 g/mol. The molecule has 6 nitrogen and oxygen atoms in total. The Morgan fingerprint density at radius 3 is 0.986 bits per heavy atom. The summed E-state index contributed by atoms with van der Waals surface area (Å²) < 4.78 is 5.50. The maximum atomic E-state index is 12.5. The molecule has 424 valence electrons. The molecule has 72 heavy (non-hydrogen) atoms. The molecule has 0 spiro atoms. The molecule has 0 aromatic carbocycles. The van der Waals surface area contributed by atoms with Crippen LogP contribution in [0.5, 0.6) is 0 Å². The standard InChI is InChI=1S/C66H125NO5/c1-3-5-7-9-11-13-15-17-19-20-29-32-36-40-44-48-52-56-60-66(71)72-61-57-53-49-45-41-37-33-30-27-25-23-21-22-24-26-28-31-35-39-43-47-51-55-59-65(70)67-63(62-68)64(69)58-54-50-46-42-38-34-18-16-14-12-10-8-6-4-2/h19-20,24,26,54,58,63-64,68-69H,3-18,21-23,25,27-53,55-57,59-62H2,1-2H3,(H,67,70)/b20-19-,26-24-,58-54+. The van der Waals surface area contributed by atoms with E-state index in [4.69, 9.17) is 4.74 Å². The van der Waals surface area contributed by atoms with E-state index in [1.54, 1.807) is 6.08 Å². The fraction of sp³-hybridized carbons (Fsp3) is 0.879. The van der Waals surface area contributed by atoms with Crippen LogP contribution in [0.4, 0.5) is 0 Å². The lowest BCUT2D eigenvalue weighted by Gasteiger charge is -2.20. The molecule has 3 N–H and O–H groups in total. The maximum absolute atomic E-state index is 12.5. The molecule has 0 fully saturated rings. The van der Waals surface area contributed by atoms with Crippen LogP contribution in [0, 0.1) is 0 Å². The normalized spacial score (nSPS) is 12.8. The van der Waals surface area contributed by atoms with Gasteiger partial charge < -0.3 is 20.3 Å². The van der Waals surface area contributed by atoms with Gasteiger partial charge in [-0.2, -0.15) is 0 Å². The zero-order chi connectivity index (χ0) is 52.2. The second kappa shape index (κ2) is 61.6. The number of ether oxygens (including phenoxy) is 1. The number of unbranched alkanes of at least 4 members (excludes halogenated alkanes) is 45. The van der Waals surface area contributed by atoms with Gasteiger partial charge in [-0.1, -0.05) is 288 Å². The van der Waals surface area contributed by atoms with Crippen LogP contribution < -0.4 is 5.32 Å². The number of esters is 1. The first-order chi connectivity index (χ1) is 35.5. The van der Waals surface area contributed by atoms with E-state index in [1.807, 2.05) is 6.08 Å². The number of carbonyl (C=O) groups is 2. The monoisotopic (exact) mass is 1010 g/mol. The minimum atomic E-state index is -0.848.